The Kier molecular flexibility index (Phi) is 4.67. The SMILES string of the molecule is Cc1nc(-c2cc(F)ccc2Br)nc(C)c1CCC(=O)O. The number of carbonyl (C=O) groups is 1. The summed E-state index contributed by atoms with van der Waals surface area (Å²) in [6, 6.07) is 4.33. The van der Waals surface area contributed by atoms with Crippen LogP contribution in [0, 0.1) is 19.7 Å². The third-order valence-corrected chi connectivity index (χ3v) is 3.87. The maximum atomic E-state index is 13.4. The number of hydrogen-bond donors (Lipinski definition) is 1. The fourth-order valence-electron chi connectivity index (χ4n) is 2.12. The first-order chi connectivity index (χ1) is 9.88. The standard InChI is InChI=1S/C15H14BrFN2O2/c1-8-11(4-6-14(20)21)9(2)19-15(18-8)12-7-10(17)3-5-13(12)16/h3,5,7H,4,6H2,1-2H3,(H,20,21). The number of hydrogen-bond acceptors (Lipinski definition) is 3. The van der Waals surface area contributed by atoms with Crippen LogP contribution in [0.3, 0.4) is 0 Å². The van der Waals surface area contributed by atoms with E-state index in [0.717, 1.165) is 17.0 Å². The zero-order valence-corrected chi connectivity index (χ0v) is 13.2. The molecule has 21 heavy (non-hydrogen) atoms. The smallest absolute Gasteiger partial charge is 0.303 e. The van der Waals surface area contributed by atoms with E-state index in [0.29, 0.717) is 22.3 Å². The molecule has 6 heteroatoms. The van der Waals surface area contributed by atoms with Crippen LogP contribution in [0.2, 0.25) is 0 Å². The van der Waals surface area contributed by atoms with Crippen molar-refractivity contribution in [2.24, 2.45) is 0 Å². The highest BCUT2D eigenvalue weighted by Crippen LogP contribution is 2.27. The largest absolute Gasteiger partial charge is 0.481 e. The summed E-state index contributed by atoms with van der Waals surface area (Å²) in [6.45, 7) is 3.62. The van der Waals surface area contributed by atoms with Gasteiger partial charge in [-0.1, -0.05) is 15.9 Å². The van der Waals surface area contributed by atoms with Crippen molar-refractivity contribution < 1.29 is 14.3 Å². The van der Waals surface area contributed by atoms with Crippen molar-refractivity contribution >= 4 is 21.9 Å². The molecule has 0 saturated heterocycles. The summed E-state index contributed by atoms with van der Waals surface area (Å²) in [4.78, 5) is 19.4. The highest BCUT2D eigenvalue weighted by atomic mass is 79.9. The third kappa shape index (κ3) is 3.64. The van der Waals surface area contributed by atoms with Gasteiger partial charge in [-0.15, -0.1) is 0 Å². The first kappa shape index (κ1) is 15.6. The van der Waals surface area contributed by atoms with Crippen LogP contribution in [-0.2, 0) is 11.2 Å². The molecule has 0 aliphatic carbocycles. The van der Waals surface area contributed by atoms with Crippen LogP contribution in [0.25, 0.3) is 11.4 Å². The van der Waals surface area contributed by atoms with Crippen LogP contribution in [0.1, 0.15) is 23.4 Å². The highest BCUT2D eigenvalue weighted by molar-refractivity contribution is 9.10. The molecule has 2 aromatic rings. The summed E-state index contributed by atoms with van der Waals surface area (Å²) < 4.78 is 14.1. The molecule has 0 aliphatic rings. The van der Waals surface area contributed by atoms with Crippen molar-refractivity contribution in [1.29, 1.82) is 0 Å². The van der Waals surface area contributed by atoms with Crippen LogP contribution in [0.15, 0.2) is 22.7 Å². The number of rotatable bonds is 4. The fourth-order valence-corrected chi connectivity index (χ4v) is 2.55. The van der Waals surface area contributed by atoms with Gasteiger partial charge >= 0.3 is 5.97 Å². The topological polar surface area (TPSA) is 63.1 Å². The molecule has 0 bridgehead atoms. The maximum Gasteiger partial charge on any atom is 0.303 e. The van der Waals surface area contributed by atoms with Crippen molar-refractivity contribution in [3.63, 3.8) is 0 Å². The normalized spacial score (nSPS) is 10.7. The Morgan fingerprint density at radius 2 is 1.90 bits per heavy atom. The van der Waals surface area contributed by atoms with Crippen molar-refractivity contribution in [2.75, 3.05) is 0 Å². The molecule has 1 aromatic carbocycles. The Bertz CT molecular complexity index is 681. The minimum absolute atomic E-state index is 0.0358. The van der Waals surface area contributed by atoms with Crippen molar-refractivity contribution in [2.45, 2.75) is 26.7 Å². The number of aryl methyl sites for hydroxylation is 2. The van der Waals surface area contributed by atoms with E-state index in [1.807, 2.05) is 13.8 Å². The average Bonchev–Trinajstić information content (AvgIpc) is 2.40. The number of benzene rings is 1. The van der Waals surface area contributed by atoms with E-state index in [9.17, 15) is 9.18 Å². The van der Waals surface area contributed by atoms with Crippen molar-refractivity contribution in [1.82, 2.24) is 9.97 Å². The molecule has 0 unspecified atom stereocenters. The zero-order valence-electron chi connectivity index (χ0n) is 11.7. The molecule has 0 radical (unpaired) electrons. The van der Waals surface area contributed by atoms with Crippen molar-refractivity contribution in [3.8, 4) is 11.4 Å². The number of aliphatic carboxylic acids is 1. The molecule has 0 fully saturated rings. The molecule has 0 aliphatic heterocycles. The Morgan fingerprint density at radius 1 is 1.29 bits per heavy atom. The number of aromatic nitrogens is 2. The van der Waals surface area contributed by atoms with Gasteiger partial charge in [0.05, 0.1) is 0 Å². The molecule has 0 saturated carbocycles. The summed E-state index contributed by atoms with van der Waals surface area (Å²) in [5.74, 6) is -0.789. The van der Waals surface area contributed by atoms with Crippen LogP contribution in [0.5, 0.6) is 0 Å². The predicted molar refractivity (Wildman–Crippen MR) is 80.6 cm³/mol. The van der Waals surface area contributed by atoms with Crippen LogP contribution < -0.4 is 0 Å². The number of nitrogens with zero attached hydrogens (tertiary/aromatic N) is 2. The van der Waals surface area contributed by atoms with Gasteiger partial charge in [-0.2, -0.15) is 0 Å². The minimum atomic E-state index is -0.856. The first-order valence-corrected chi connectivity index (χ1v) is 7.19. The lowest BCUT2D eigenvalue weighted by Crippen LogP contribution is -2.06. The molecule has 110 valence electrons. The Hall–Kier alpha value is -1.82. The lowest BCUT2D eigenvalue weighted by atomic mass is 10.1. The van der Waals surface area contributed by atoms with Crippen LogP contribution >= 0.6 is 15.9 Å². The van der Waals surface area contributed by atoms with Gasteiger partial charge in [0.25, 0.3) is 0 Å². The second kappa shape index (κ2) is 6.30. The molecule has 1 N–H and O–H groups in total. The molecule has 4 nitrogen and oxygen atoms in total. The van der Waals surface area contributed by atoms with Crippen molar-refractivity contribution in [3.05, 3.63) is 45.4 Å². The molecule has 0 amide bonds. The third-order valence-electron chi connectivity index (χ3n) is 3.18. The molecule has 1 heterocycles. The maximum absolute atomic E-state index is 13.4. The summed E-state index contributed by atoms with van der Waals surface area (Å²) in [5.41, 5.74) is 2.84. The van der Waals surface area contributed by atoms with Gasteiger partial charge in [0.15, 0.2) is 5.82 Å². The van der Waals surface area contributed by atoms with Crippen LogP contribution in [-0.4, -0.2) is 21.0 Å². The Morgan fingerprint density at radius 3 is 2.48 bits per heavy atom. The van der Waals surface area contributed by atoms with E-state index < -0.39 is 5.97 Å². The van der Waals surface area contributed by atoms with E-state index in [1.54, 1.807) is 6.07 Å². The number of halogens is 2. The van der Waals surface area contributed by atoms with Gasteiger partial charge < -0.3 is 5.11 Å². The minimum Gasteiger partial charge on any atom is -0.481 e. The Balaban J connectivity index is 2.44. The van der Waals surface area contributed by atoms with Gasteiger partial charge in [-0.25, -0.2) is 14.4 Å². The average molecular weight is 353 g/mol. The van der Waals surface area contributed by atoms with Crippen LogP contribution in [0.4, 0.5) is 4.39 Å². The van der Waals surface area contributed by atoms with E-state index in [2.05, 4.69) is 25.9 Å². The second-order valence-corrected chi connectivity index (χ2v) is 5.57. The monoisotopic (exact) mass is 352 g/mol. The summed E-state index contributed by atoms with van der Waals surface area (Å²) >= 11 is 3.36. The quantitative estimate of drug-likeness (QED) is 0.911. The Labute approximate surface area is 130 Å². The molecular formula is C15H14BrFN2O2. The molecule has 2 rings (SSSR count). The van der Waals surface area contributed by atoms with Gasteiger partial charge in [0, 0.05) is 27.8 Å². The van der Waals surface area contributed by atoms with E-state index in [4.69, 9.17) is 5.11 Å². The van der Waals surface area contributed by atoms with Gasteiger partial charge in [0.1, 0.15) is 5.82 Å². The van der Waals surface area contributed by atoms with Gasteiger partial charge in [0.2, 0.25) is 0 Å². The highest BCUT2D eigenvalue weighted by Gasteiger charge is 2.13. The summed E-state index contributed by atoms with van der Waals surface area (Å²) in [6.07, 6.45) is 0.422. The predicted octanol–water partition coefficient (Wildman–Crippen LogP) is 3.68. The number of carboxylic acid groups (broad SMARTS) is 1. The fraction of sp³-hybridized carbons (Fsp3) is 0.267. The summed E-state index contributed by atoms with van der Waals surface area (Å²) in [7, 11) is 0. The van der Waals surface area contributed by atoms with E-state index in [1.165, 1.54) is 12.1 Å². The second-order valence-electron chi connectivity index (χ2n) is 4.71. The first-order valence-electron chi connectivity index (χ1n) is 6.40. The lowest BCUT2D eigenvalue weighted by Gasteiger charge is -2.11. The van der Waals surface area contributed by atoms with Gasteiger partial charge in [-0.05, 0) is 44.0 Å². The number of carboxylic acids is 1. The molecule has 0 atom stereocenters. The van der Waals surface area contributed by atoms with Gasteiger partial charge in [-0.3, -0.25) is 4.79 Å². The lowest BCUT2D eigenvalue weighted by molar-refractivity contribution is -0.136. The zero-order chi connectivity index (χ0) is 15.6. The molecule has 1 aromatic heterocycles. The molecular weight excluding hydrogens is 339 g/mol. The van der Waals surface area contributed by atoms with E-state index in [-0.39, 0.29) is 12.2 Å². The molecule has 0 spiro atoms. The van der Waals surface area contributed by atoms with E-state index >= 15 is 0 Å². The summed E-state index contributed by atoms with van der Waals surface area (Å²) in [5, 5.41) is 8.77.